The van der Waals surface area contributed by atoms with Crippen LogP contribution in [-0.4, -0.2) is 15.0 Å². The number of aromatic nitrogens is 2. The molecular weight excluding hydrogens is 276 g/mol. The summed E-state index contributed by atoms with van der Waals surface area (Å²) >= 11 is 0. The zero-order valence-corrected chi connectivity index (χ0v) is 13.0. The second-order valence-corrected chi connectivity index (χ2v) is 6.19. The third-order valence-corrected chi connectivity index (χ3v) is 4.66. The number of rotatable bonds is 4. The molecule has 0 atom stereocenters. The van der Waals surface area contributed by atoms with E-state index in [-0.39, 0.29) is 11.6 Å². The second-order valence-electron chi connectivity index (χ2n) is 6.19. The van der Waals surface area contributed by atoms with Gasteiger partial charge in [0.1, 0.15) is 0 Å². The van der Waals surface area contributed by atoms with Crippen molar-refractivity contribution in [3.63, 3.8) is 0 Å². The Balaban J connectivity index is 1.77. The number of carbonyl (C=O) groups is 1. The van der Waals surface area contributed by atoms with Crippen molar-refractivity contribution in [2.75, 3.05) is 0 Å². The lowest BCUT2D eigenvalue weighted by Gasteiger charge is -2.08. The molecule has 2 aromatic rings. The molecule has 1 aromatic carbocycles. The molecule has 0 saturated heterocycles. The Bertz CT molecular complexity index is 721. The van der Waals surface area contributed by atoms with Crippen molar-refractivity contribution in [2.24, 2.45) is 5.92 Å². The van der Waals surface area contributed by atoms with Gasteiger partial charge in [-0.05, 0) is 30.9 Å². The summed E-state index contributed by atoms with van der Waals surface area (Å²) in [6.07, 6.45) is 9.65. The normalized spacial score (nSPS) is 15.3. The van der Waals surface area contributed by atoms with Crippen molar-refractivity contribution in [2.45, 2.75) is 45.4 Å². The Morgan fingerprint density at radius 2 is 1.91 bits per heavy atom. The molecule has 0 spiro atoms. The van der Waals surface area contributed by atoms with Gasteiger partial charge in [0.25, 0.3) is 0 Å². The Morgan fingerprint density at radius 1 is 1.18 bits per heavy atom. The zero-order chi connectivity index (χ0) is 15.5. The van der Waals surface area contributed by atoms with Gasteiger partial charge in [0, 0.05) is 18.8 Å². The number of nitrogens with zero attached hydrogens (tertiary/aromatic N) is 2. The SMILES string of the molecule is Cc1ccccc1-n1ccn(C(=O)CCC2CCCC2)c1=O. The number of hydrogen-bond donors (Lipinski definition) is 0. The van der Waals surface area contributed by atoms with Gasteiger partial charge in [-0.2, -0.15) is 0 Å². The summed E-state index contributed by atoms with van der Waals surface area (Å²) in [7, 11) is 0. The number of para-hydroxylation sites is 1. The molecule has 22 heavy (non-hydrogen) atoms. The highest BCUT2D eigenvalue weighted by Gasteiger charge is 2.18. The van der Waals surface area contributed by atoms with Crippen molar-refractivity contribution < 1.29 is 4.79 Å². The fraction of sp³-hybridized carbons (Fsp3) is 0.444. The molecule has 0 unspecified atom stereocenters. The number of aryl methyl sites for hydroxylation is 1. The first-order chi connectivity index (χ1) is 10.7. The van der Waals surface area contributed by atoms with E-state index in [1.807, 2.05) is 31.2 Å². The van der Waals surface area contributed by atoms with Gasteiger partial charge in [-0.1, -0.05) is 43.9 Å². The van der Waals surface area contributed by atoms with Crippen LogP contribution in [0.3, 0.4) is 0 Å². The Hall–Kier alpha value is -2.10. The van der Waals surface area contributed by atoms with Crippen molar-refractivity contribution in [3.05, 3.63) is 52.7 Å². The van der Waals surface area contributed by atoms with Gasteiger partial charge in [-0.15, -0.1) is 0 Å². The smallest absolute Gasteiger partial charge is 0.274 e. The molecular formula is C18H22N2O2. The molecule has 1 saturated carbocycles. The highest BCUT2D eigenvalue weighted by molar-refractivity contribution is 5.78. The number of benzene rings is 1. The van der Waals surface area contributed by atoms with E-state index in [4.69, 9.17) is 0 Å². The lowest BCUT2D eigenvalue weighted by Crippen LogP contribution is -2.28. The molecule has 0 radical (unpaired) electrons. The molecule has 1 aromatic heterocycles. The summed E-state index contributed by atoms with van der Waals surface area (Å²) in [6.45, 7) is 1.96. The molecule has 0 aliphatic heterocycles. The van der Waals surface area contributed by atoms with Crippen LogP contribution < -0.4 is 5.69 Å². The van der Waals surface area contributed by atoms with Crippen LogP contribution in [0.2, 0.25) is 0 Å². The van der Waals surface area contributed by atoms with Gasteiger partial charge in [0.15, 0.2) is 0 Å². The molecule has 4 heteroatoms. The van der Waals surface area contributed by atoms with E-state index in [0.717, 1.165) is 17.7 Å². The lowest BCUT2D eigenvalue weighted by atomic mass is 10.0. The Kier molecular flexibility index (Phi) is 4.27. The van der Waals surface area contributed by atoms with Crippen LogP contribution in [0.15, 0.2) is 41.5 Å². The second kappa shape index (κ2) is 6.34. The molecule has 0 N–H and O–H groups in total. The third-order valence-electron chi connectivity index (χ3n) is 4.66. The first-order valence-electron chi connectivity index (χ1n) is 8.06. The van der Waals surface area contributed by atoms with E-state index in [0.29, 0.717) is 12.3 Å². The van der Waals surface area contributed by atoms with Crippen molar-refractivity contribution >= 4 is 5.91 Å². The van der Waals surface area contributed by atoms with Gasteiger partial charge in [-0.25, -0.2) is 9.36 Å². The molecule has 1 aliphatic carbocycles. The fourth-order valence-corrected chi connectivity index (χ4v) is 3.33. The summed E-state index contributed by atoms with van der Waals surface area (Å²) in [5.41, 5.74) is 1.57. The highest BCUT2D eigenvalue weighted by atomic mass is 16.2. The van der Waals surface area contributed by atoms with E-state index < -0.39 is 0 Å². The van der Waals surface area contributed by atoms with Crippen LogP contribution >= 0.6 is 0 Å². The predicted octanol–water partition coefficient (Wildman–Crippen LogP) is 3.56. The van der Waals surface area contributed by atoms with Crippen LogP contribution in [0.4, 0.5) is 0 Å². The maximum absolute atomic E-state index is 12.5. The summed E-state index contributed by atoms with van der Waals surface area (Å²) in [6, 6.07) is 7.69. The van der Waals surface area contributed by atoms with Crippen LogP contribution in [0.5, 0.6) is 0 Å². The minimum Gasteiger partial charge on any atom is -0.274 e. The molecule has 116 valence electrons. The van der Waals surface area contributed by atoms with Gasteiger partial charge in [0.2, 0.25) is 5.91 Å². The first kappa shape index (κ1) is 14.8. The number of imidazole rings is 1. The van der Waals surface area contributed by atoms with Crippen molar-refractivity contribution in [3.8, 4) is 5.69 Å². The van der Waals surface area contributed by atoms with E-state index >= 15 is 0 Å². The predicted molar refractivity (Wildman–Crippen MR) is 86.6 cm³/mol. The summed E-state index contributed by atoms with van der Waals surface area (Å²) in [5.74, 6) is 0.572. The van der Waals surface area contributed by atoms with Crippen LogP contribution in [-0.2, 0) is 0 Å². The van der Waals surface area contributed by atoms with Crippen molar-refractivity contribution in [1.29, 1.82) is 0 Å². The number of carbonyl (C=O) groups excluding carboxylic acids is 1. The average molecular weight is 298 g/mol. The minimum atomic E-state index is -0.272. The quantitative estimate of drug-likeness (QED) is 0.866. The van der Waals surface area contributed by atoms with E-state index in [9.17, 15) is 9.59 Å². The average Bonchev–Trinajstić information content (AvgIpc) is 3.15. The van der Waals surface area contributed by atoms with Crippen LogP contribution in [0.1, 0.15) is 48.9 Å². The largest absolute Gasteiger partial charge is 0.339 e. The van der Waals surface area contributed by atoms with Gasteiger partial charge >= 0.3 is 5.69 Å². The molecule has 4 nitrogen and oxygen atoms in total. The fourth-order valence-electron chi connectivity index (χ4n) is 3.33. The topological polar surface area (TPSA) is 44.0 Å². The maximum atomic E-state index is 12.5. The third kappa shape index (κ3) is 2.91. The highest BCUT2D eigenvalue weighted by Crippen LogP contribution is 2.28. The molecule has 1 fully saturated rings. The summed E-state index contributed by atoms with van der Waals surface area (Å²) < 4.78 is 2.80. The Morgan fingerprint density at radius 3 is 2.64 bits per heavy atom. The summed E-state index contributed by atoms with van der Waals surface area (Å²) in [5, 5.41) is 0. The number of hydrogen-bond acceptors (Lipinski definition) is 2. The monoisotopic (exact) mass is 298 g/mol. The van der Waals surface area contributed by atoms with Crippen molar-refractivity contribution in [1.82, 2.24) is 9.13 Å². The van der Waals surface area contributed by atoms with Gasteiger partial charge in [0.05, 0.1) is 5.69 Å². The van der Waals surface area contributed by atoms with Crippen LogP contribution in [0.25, 0.3) is 5.69 Å². The minimum absolute atomic E-state index is 0.0933. The van der Waals surface area contributed by atoms with Gasteiger partial charge < -0.3 is 0 Å². The standard InChI is InChI=1S/C18H22N2O2/c1-14-6-2-5-9-16(14)19-12-13-20(18(19)22)17(21)11-10-15-7-3-4-8-15/h2,5-6,9,12-13,15H,3-4,7-8,10-11H2,1H3. The van der Waals surface area contributed by atoms with Crippen LogP contribution in [0, 0.1) is 12.8 Å². The lowest BCUT2D eigenvalue weighted by molar-refractivity contribution is 0.0889. The summed E-state index contributed by atoms with van der Waals surface area (Å²) in [4.78, 5) is 24.8. The van der Waals surface area contributed by atoms with Gasteiger partial charge in [-0.3, -0.25) is 9.36 Å². The van der Waals surface area contributed by atoms with E-state index in [1.54, 1.807) is 17.0 Å². The molecule has 0 amide bonds. The maximum Gasteiger partial charge on any atom is 0.339 e. The zero-order valence-electron chi connectivity index (χ0n) is 13.0. The molecule has 1 aliphatic rings. The molecule has 3 rings (SSSR count). The molecule has 0 bridgehead atoms. The van der Waals surface area contributed by atoms with E-state index in [1.165, 1.54) is 30.3 Å². The first-order valence-corrected chi connectivity index (χ1v) is 8.06. The molecule has 1 heterocycles. The Labute approximate surface area is 130 Å². The van der Waals surface area contributed by atoms with E-state index in [2.05, 4.69) is 0 Å².